The van der Waals surface area contributed by atoms with Gasteiger partial charge in [-0.2, -0.15) is 13.2 Å². The maximum Gasteiger partial charge on any atom is 0.389 e. The summed E-state index contributed by atoms with van der Waals surface area (Å²) >= 11 is 0. The molecule has 0 spiro atoms. The number of nitrogens with zero attached hydrogens (tertiary/aromatic N) is 1. The van der Waals surface area contributed by atoms with Gasteiger partial charge in [0.15, 0.2) is 0 Å². The molecular weight excluding hydrogens is 361 g/mol. The zero-order chi connectivity index (χ0) is 17.7. The molecule has 1 atom stereocenters. The first-order valence-corrected chi connectivity index (χ1v) is 7.82. The molecule has 2 rings (SSSR count). The zero-order valence-corrected chi connectivity index (χ0v) is 15.0. The van der Waals surface area contributed by atoms with Gasteiger partial charge in [-0.3, -0.25) is 4.90 Å². The van der Waals surface area contributed by atoms with E-state index in [1.54, 1.807) is 0 Å². The van der Waals surface area contributed by atoms with Gasteiger partial charge in [0, 0.05) is 50.8 Å². The number of phenols is 1. The molecule has 1 fully saturated rings. The van der Waals surface area contributed by atoms with Crippen LogP contribution in [0, 0.1) is 0 Å². The fourth-order valence-electron chi connectivity index (χ4n) is 3.06. The summed E-state index contributed by atoms with van der Waals surface area (Å²) in [5, 5.41) is 13.0. The Morgan fingerprint density at radius 2 is 1.68 bits per heavy atom. The lowest BCUT2D eigenvalue weighted by atomic mass is 9.97. The predicted octanol–water partition coefficient (Wildman–Crippen LogP) is 3.12. The Bertz CT molecular complexity index is 527. The molecule has 0 unspecified atom stereocenters. The molecule has 0 saturated carbocycles. The van der Waals surface area contributed by atoms with Crippen molar-refractivity contribution in [3.05, 3.63) is 17.7 Å². The van der Waals surface area contributed by atoms with Gasteiger partial charge in [0.05, 0.1) is 19.8 Å². The molecule has 0 aromatic heterocycles. The SMILES string of the molecule is COc1cc(O)cc(OC)c1[C@@H](CCC(F)(F)F)N1CCNCC1.Cl. The molecule has 1 aliphatic rings. The summed E-state index contributed by atoms with van der Waals surface area (Å²) in [4.78, 5) is 2.00. The summed E-state index contributed by atoms with van der Waals surface area (Å²) in [6.07, 6.45) is -5.22. The Kier molecular flexibility index (Phi) is 8.11. The standard InChI is InChI=1S/C16H23F3N2O3.ClH/c1-23-13-9-11(22)10-14(24-2)15(13)12(3-4-16(17,18)19)21-7-5-20-6-8-21;/h9-10,12,20,22H,3-8H2,1-2H3;1H/t12-;/m1./s1. The van der Waals surface area contributed by atoms with E-state index in [0.717, 1.165) is 0 Å². The lowest BCUT2D eigenvalue weighted by molar-refractivity contribution is -0.138. The molecule has 0 aliphatic carbocycles. The van der Waals surface area contributed by atoms with Crippen LogP contribution in [0.1, 0.15) is 24.4 Å². The third kappa shape index (κ3) is 5.83. The highest BCUT2D eigenvalue weighted by atomic mass is 35.5. The highest BCUT2D eigenvalue weighted by molar-refractivity contribution is 5.85. The molecule has 0 bridgehead atoms. The Balaban J connectivity index is 0.00000312. The fourth-order valence-corrected chi connectivity index (χ4v) is 3.06. The van der Waals surface area contributed by atoms with E-state index in [-0.39, 0.29) is 24.6 Å². The summed E-state index contributed by atoms with van der Waals surface area (Å²) in [6.45, 7) is 2.70. The molecule has 2 N–H and O–H groups in total. The molecule has 1 aromatic rings. The highest BCUT2D eigenvalue weighted by Crippen LogP contribution is 2.43. The van der Waals surface area contributed by atoms with Crippen LogP contribution in [0.15, 0.2) is 12.1 Å². The second kappa shape index (κ2) is 9.35. The number of halogens is 4. The first-order valence-electron chi connectivity index (χ1n) is 7.82. The van der Waals surface area contributed by atoms with Gasteiger partial charge in [0.25, 0.3) is 0 Å². The second-order valence-corrected chi connectivity index (χ2v) is 5.72. The minimum atomic E-state index is -4.23. The van der Waals surface area contributed by atoms with Crippen molar-refractivity contribution in [2.45, 2.75) is 25.1 Å². The van der Waals surface area contributed by atoms with E-state index in [9.17, 15) is 18.3 Å². The number of hydrogen-bond donors (Lipinski definition) is 2. The molecule has 5 nitrogen and oxygen atoms in total. The van der Waals surface area contributed by atoms with Crippen LogP contribution in [-0.2, 0) is 0 Å². The Hall–Kier alpha value is -1.38. The van der Waals surface area contributed by atoms with Crippen LogP contribution in [0.5, 0.6) is 17.2 Å². The van der Waals surface area contributed by atoms with E-state index < -0.39 is 18.6 Å². The molecule has 0 radical (unpaired) electrons. The van der Waals surface area contributed by atoms with Crippen molar-refractivity contribution >= 4 is 12.4 Å². The van der Waals surface area contributed by atoms with Crippen molar-refractivity contribution in [1.29, 1.82) is 0 Å². The van der Waals surface area contributed by atoms with Crippen molar-refractivity contribution in [3.63, 3.8) is 0 Å². The van der Waals surface area contributed by atoms with E-state index in [1.807, 2.05) is 4.90 Å². The topological polar surface area (TPSA) is 54.0 Å². The van der Waals surface area contributed by atoms with E-state index in [1.165, 1.54) is 26.4 Å². The Labute approximate surface area is 151 Å². The maximum atomic E-state index is 12.8. The number of benzene rings is 1. The van der Waals surface area contributed by atoms with Crippen LogP contribution in [0.25, 0.3) is 0 Å². The lowest BCUT2D eigenvalue weighted by Crippen LogP contribution is -2.45. The number of aromatic hydroxyl groups is 1. The minimum absolute atomic E-state index is 0. The maximum absolute atomic E-state index is 12.8. The van der Waals surface area contributed by atoms with Crippen LogP contribution in [-0.4, -0.2) is 56.6 Å². The Morgan fingerprint density at radius 3 is 2.12 bits per heavy atom. The first-order chi connectivity index (χ1) is 11.4. The molecule has 1 aromatic carbocycles. The van der Waals surface area contributed by atoms with E-state index in [4.69, 9.17) is 9.47 Å². The number of rotatable bonds is 6. The molecule has 25 heavy (non-hydrogen) atoms. The summed E-state index contributed by atoms with van der Waals surface area (Å²) in [5.74, 6) is 0.609. The van der Waals surface area contributed by atoms with Crippen LogP contribution in [0.2, 0.25) is 0 Å². The number of ether oxygens (including phenoxy) is 2. The molecule has 1 saturated heterocycles. The first kappa shape index (κ1) is 21.7. The largest absolute Gasteiger partial charge is 0.508 e. The van der Waals surface area contributed by atoms with Gasteiger partial charge in [-0.05, 0) is 6.42 Å². The number of piperazine rings is 1. The molecule has 144 valence electrons. The number of phenolic OH excluding ortho intramolecular Hbond substituents is 1. The van der Waals surface area contributed by atoms with Crippen molar-refractivity contribution < 1.29 is 27.8 Å². The van der Waals surface area contributed by atoms with Gasteiger partial charge in [0.2, 0.25) is 0 Å². The van der Waals surface area contributed by atoms with Gasteiger partial charge in [-0.1, -0.05) is 0 Å². The molecular formula is C16H24ClF3N2O3. The average molecular weight is 385 g/mol. The molecule has 0 amide bonds. The molecule has 1 heterocycles. The number of nitrogens with one attached hydrogen (secondary N) is 1. The lowest BCUT2D eigenvalue weighted by Gasteiger charge is -2.36. The van der Waals surface area contributed by atoms with E-state index in [0.29, 0.717) is 43.2 Å². The van der Waals surface area contributed by atoms with Crippen LogP contribution < -0.4 is 14.8 Å². The quantitative estimate of drug-likeness (QED) is 0.789. The smallest absolute Gasteiger partial charge is 0.389 e. The normalized spacial score (nSPS) is 16.8. The monoisotopic (exact) mass is 384 g/mol. The third-order valence-corrected chi connectivity index (χ3v) is 4.16. The summed E-state index contributed by atoms with van der Waals surface area (Å²) in [6, 6.07) is 2.31. The fraction of sp³-hybridized carbons (Fsp3) is 0.625. The zero-order valence-electron chi connectivity index (χ0n) is 14.2. The van der Waals surface area contributed by atoms with Crippen molar-refractivity contribution in [2.75, 3.05) is 40.4 Å². The van der Waals surface area contributed by atoms with Crippen molar-refractivity contribution in [1.82, 2.24) is 10.2 Å². The Morgan fingerprint density at radius 1 is 1.16 bits per heavy atom. The minimum Gasteiger partial charge on any atom is -0.508 e. The van der Waals surface area contributed by atoms with Gasteiger partial charge in [-0.25, -0.2) is 0 Å². The predicted molar refractivity (Wildman–Crippen MR) is 90.9 cm³/mol. The average Bonchev–Trinajstić information content (AvgIpc) is 2.55. The number of hydrogen-bond acceptors (Lipinski definition) is 5. The van der Waals surface area contributed by atoms with Crippen LogP contribution >= 0.6 is 12.4 Å². The van der Waals surface area contributed by atoms with E-state index >= 15 is 0 Å². The van der Waals surface area contributed by atoms with Gasteiger partial charge < -0.3 is 19.9 Å². The van der Waals surface area contributed by atoms with E-state index in [2.05, 4.69) is 5.32 Å². The van der Waals surface area contributed by atoms with Gasteiger partial charge in [-0.15, -0.1) is 12.4 Å². The van der Waals surface area contributed by atoms with Crippen LogP contribution in [0.4, 0.5) is 13.2 Å². The second-order valence-electron chi connectivity index (χ2n) is 5.72. The molecule has 9 heteroatoms. The summed E-state index contributed by atoms with van der Waals surface area (Å²) in [7, 11) is 2.85. The van der Waals surface area contributed by atoms with Gasteiger partial charge in [0.1, 0.15) is 17.2 Å². The van der Waals surface area contributed by atoms with Gasteiger partial charge >= 0.3 is 6.18 Å². The number of alkyl halides is 3. The highest BCUT2D eigenvalue weighted by Gasteiger charge is 2.34. The van der Waals surface area contributed by atoms with Crippen molar-refractivity contribution in [2.24, 2.45) is 0 Å². The number of methoxy groups -OCH3 is 2. The molecule has 1 aliphatic heterocycles. The van der Waals surface area contributed by atoms with Crippen LogP contribution in [0.3, 0.4) is 0 Å². The summed E-state index contributed by atoms with van der Waals surface area (Å²) in [5.41, 5.74) is 0.545. The third-order valence-electron chi connectivity index (χ3n) is 4.16. The summed E-state index contributed by atoms with van der Waals surface area (Å²) < 4.78 is 49.0. The van der Waals surface area contributed by atoms with Crippen molar-refractivity contribution in [3.8, 4) is 17.2 Å².